The number of likely N-dealkylation sites (N-methyl/N-ethyl adjacent to an activating group) is 1. The molecule has 0 aromatic carbocycles. The molecule has 3 aliphatic rings. The van der Waals surface area contributed by atoms with Gasteiger partial charge in [0.15, 0.2) is 0 Å². The summed E-state index contributed by atoms with van der Waals surface area (Å²) in [7, 11) is 4.13. The molecule has 4 heterocycles. The second-order valence-electron chi connectivity index (χ2n) is 5.78. The average molecular weight is 263 g/mol. The standard InChI is InChI=1S/C14H25N5/c1-15-13(4-3-12-5-6-16-17(12)2)14-11-18-7-9-19(14)10-8-18/h5-6,13-15H,3-4,7-11H2,1-2H3. The molecule has 3 saturated heterocycles. The van der Waals surface area contributed by atoms with Crippen molar-refractivity contribution in [1.29, 1.82) is 0 Å². The molecule has 1 N–H and O–H groups in total. The van der Waals surface area contributed by atoms with E-state index in [1.807, 2.05) is 17.9 Å². The fourth-order valence-electron chi connectivity index (χ4n) is 3.52. The van der Waals surface area contributed by atoms with Gasteiger partial charge in [0.25, 0.3) is 0 Å². The third-order valence-corrected chi connectivity index (χ3v) is 4.79. The van der Waals surface area contributed by atoms with Crippen LogP contribution in [-0.4, -0.2) is 71.4 Å². The monoisotopic (exact) mass is 263 g/mol. The second-order valence-corrected chi connectivity index (χ2v) is 5.78. The third kappa shape index (κ3) is 2.68. The SMILES string of the molecule is CNC(CCc1ccnn1C)C1CN2CCN1CC2. The number of nitrogens with zero attached hydrogens (tertiary/aromatic N) is 4. The number of aryl methyl sites for hydroxylation is 2. The predicted octanol–water partition coefficient (Wildman–Crippen LogP) is -0.0595. The van der Waals surface area contributed by atoms with E-state index in [0.29, 0.717) is 12.1 Å². The zero-order valence-electron chi connectivity index (χ0n) is 12.0. The highest BCUT2D eigenvalue weighted by Gasteiger charge is 2.35. The van der Waals surface area contributed by atoms with Gasteiger partial charge < -0.3 is 5.32 Å². The topological polar surface area (TPSA) is 36.3 Å². The van der Waals surface area contributed by atoms with E-state index in [1.54, 1.807) is 0 Å². The number of nitrogens with one attached hydrogen (secondary N) is 1. The normalized spacial score (nSPS) is 31.6. The van der Waals surface area contributed by atoms with Crippen LogP contribution in [0.25, 0.3) is 0 Å². The fraction of sp³-hybridized carbons (Fsp3) is 0.786. The molecule has 1 aromatic heterocycles. The molecular formula is C14H25N5. The van der Waals surface area contributed by atoms with Gasteiger partial charge in [-0.3, -0.25) is 14.5 Å². The Morgan fingerprint density at radius 3 is 2.68 bits per heavy atom. The summed E-state index contributed by atoms with van der Waals surface area (Å²) in [6, 6.07) is 3.39. The molecular weight excluding hydrogens is 238 g/mol. The van der Waals surface area contributed by atoms with Crippen LogP contribution in [0.5, 0.6) is 0 Å². The molecule has 0 aliphatic carbocycles. The molecule has 0 saturated carbocycles. The maximum atomic E-state index is 4.25. The van der Waals surface area contributed by atoms with Crippen molar-refractivity contribution in [2.75, 3.05) is 39.8 Å². The summed E-state index contributed by atoms with van der Waals surface area (Å²) in [5, 5.41) is 7.79. The van der Waals surface area contributed by atoms with Crippen LogP contribution in [0.2, 0.25) is 0 Å². The summed E-state index contributed by atoms with van der Waals surface area (Å²) in [6.07, 6.45) is 4.18. The first-order valence-electron chi connectivity index (χ1n) is 7.38. The van der Waals surface area contributed by atoms with E-state index < -0.39 is 0 Å². The van der Waals surface area contributed by atoms with Crippen LogP contribution < -0.4 is 5.32 Å². The zero-order valence-corrected chi connectivity index (χ0v) is 12.0. The van der Waals surface area contributed by atoms with Crippen LogP contribution in [0.1, 0.15) is 12.1 Å². The van der Waals surface area contributed by atoms with Crippen LogP contribution in [0.4, 0.5) is 0 Å². The molecule has 19 heavy (non-hydrogen) atoms. The smallest absolute Gasteiger partial charge is 0.0492 e. The first-order valence-corrected chi connectivity index (χ1v) is 7.38. The Bertz CT molecular complexity index is 408. The van der Waals surface area contributed by atoms with Crippen molar-refractivity contribution in [3.8, 4) is 0 Å². The third-order valence-electron chi connectivity index (χ3n) is 4.79. The Kier molecular flexibility index (Phi) is 3.86. The molecule has 0 amide bonds. The molecule has 5 heteroatoms. The largest absolute Gasteiger partial charge is 0.315 e. The fourth-order valence-corrected chi connectivity index (χ4v) is 3.52. The Hall–Kier alpha value is -0.910. The molecule has 2 unspecified atom stereocenters. The Labute approximate surface area is 115 Å². The molecule has 5 nitrogen and oxygen atoms in total. The summed E-state index contributed by atoms with van der Waals surface area (Å²) in [4.78, 5) is 5.28. The number of hydrogen-bond donors (Lipinski definition) is 1. The minimum absolute atomic E-state index is 0.581. The summed E-state index contributed by atoms with van der Waals surface area (Å²) in [5.41, 5.74) is 1.33. The van der Waals surface area contributed by atoms with Gasteiger partial charge in [0.2, 0.25) is 0 Å². The number of piperazine rings is 3. The van der Waals surface area contributed by atoms with Crippen LogP contribution in [-0.2, 0) is 13.5 Å². The molecule has 4 rings (SSSR count). The van der Waals surface area contributed by atoms with E-state index in [2.05, 4.69) is 33.3 Å². The highest BCUT2D eigenvalue weighted by atomic mass is 15.4. The highest BCUT2D eigenvalue weighted by Crippen LogP contribution is 2.20. The highest BCUT2D eigenvalue weighted by molar-refractivity contribution is 5.02. The van der Waals surface area contributed by atoms with Crippen molar-refractivity contribution in [2.45, 2.75) is 24.9 Å². The zero-order chi connectivity index (χ0) is 13.2. The van der Waals surface area contributed by atoms with Crippen LogP contribution in [0.15, 0.2) is 12.3 Å². The summed E-state index contributed by atoms with van der Waals surface area (Å²) in [6.45, 7) is 6.24. The maximum Gasteiger partial charge on any atom is 0.0492 e. The average Bonchev–Trinajstić information content (AvgIpc) is 2.86. The summed E-state index contributed by atoms with van der Waals surface area (Å²) < 4.78 is 1.99. The first kappa shape index (κ1) is 13.1. The lowest BCUT2D eigenvalue weighted by molar-refractivity contribution is -0.00332. The van der Waals surface area contributed by atoms with E-state index in [0.717, 1.165) is 6.42 Å². The van der Waals surface area contributed by atoms with Gasteiger partial charge in [-0.05, 0) is 26.0 Å². The van der Waals surface area contributed by atoms with Gasteiger partial charge in [-0.15, -0.1) is 0 Å². The Balaban J connectivity index is 1.60. The first-order chi connectivity index (χ1) is 9.28. The minimum Gasteiger partial charge on any atom is -0.315 e. The van der Waals surface area contributed by atoms with Crippen molar-refractivity contribution in [3.63, 3.8) is 0 Å². The van der Waals surface area contributed by atoms with Crippen LogP contribution >= 0.6 is 0 Å². The van der Waals surface area contributed by atoms with E-state index in [4.69, 9.17) is 0 Å². The molecule has 3 fully saturated rings. The lowest BCUT2D eigenvalue weighted by Gasteiger charge is -2.50. The molecule has 1 aromatic rings. The molecule has 0 radical (unpaired) electrons. The van der Waals surface area contributed by atoms with Crippen molar-refractivity contribution in [2.24, 2.45) is 7.05 Å². The number of aromatic nitrogens is 2. The molecule has 0 spiro atoms. The predicted molar refractivity (Wildman–Crippen MR) is 76.2 cm³/mol. The number of rotatable bonds is 5. The van der Waals surface area contributed by atoms with Gasteiger partial charge >= 0.3 is 0 Å². The van der Waals surface area contributed by atoms with Gasteiger partial charge in [0.1, 0.15) is 0 Å². The molecule has 2 atom stereocenters. The summed E-state index contributed by atoms with van der Waals surface area (Å²) in [5.74, 6) is 0. The molecule has 3 aliphatic heterocycles. The van der Waals surface area contributed by atoms with E-state index in [9.17, 15) is 0 Å². The maximum absolute atomic E-state index is 4.25. The van der Waals surface area contributed by atoms with E-state index in [-0.39, 0.29) is 0 Å². The van der Waals surface area contributed by atoms with Gasteiger partial charge in [-0.25, -0.2) is 0 Å². The van der Waals surface area contributed by atoms with Crippen molar-refractivity contribution >= 4 is 0 Å². The summed E-state index contributed by atoms with van der Waals surface area (Å²) >= 11 is 0. The van der Waals surface area contributed by atoms with Gasteiger partial charge in [0.05, 0.1) is 0 Å². The van der Waals surface area contributed by atoms with E-state index in [1.165, 1.54) is 44.8 Å². The number of fused-ring (bicyclic) bond motifs is 3. The Morgan fingerprint density at radius 2 is 2.16 bits per heavy atom. The quantitative estimate of drug-likeness (QED) is 0.807. The van der Waals surface area contributed by atoms with Crippen molar-refractivity contribution in [3.05, 3.63) is 18.0 Å². The lowest BCUT2D eigenvalue weighted by Crippen LogP contribution is -2.66. The van der Waals surface area contributed by atoms with Crippen molar-refractivity contribution < 1.29 is 0 Å². The minimum atomic E-state index is 0.581. The second kappa shape index (κ2) is 5.61. The van der Waals surface area contributed by atoms with Gasteiger partial charge in [-0.2, -0.15) is 5.10 Å². The molecule has 2 bridgehead atoms. The molecule has 106 valence electrons. The van der Waals surface area contributed by atoms with Crippen LogP contribution in [0, 0.1) is 0 Å². The Morgan fingerprint density at radius 1 is 1.37 bits per heavy atom. The number of hydrogen-bond acceptors (Lipinski definition) is 4. The lowest BCUT2D eigenvalue weighted by atomic mass is 9.96. The van der Waals surface area contributed by atoms with E-state index >= 15 is 0 Å². The van der Waals surface area contributed by atoms with Gasteiger partial charge in [0, 0.05) is 63.7 Å². The van der Waals surface area contributed by atoms with Crippen LogP contribution in [0.3, 0.4) is 0 Å². The van der Waals surface area contributed by atoms with Crippen molar-refractivity contribution in [1.82, 2.24) is 24.9 Å². The van der Waals surface area contributed by atoms with Gasteiger partial charge in [-0.1, -0.05) is 0 Å².